The van der Waals surface area contributed by atoms with Crippen LogP contribution in [0.25, 0.3) is 0 Å². The predicted octanol–water partition coefficient (Wildman–Crippen LogP) is 3.76. The Hall–Kier alpha value is -1.23. The van der Waals surface area contributed by atoms with Crippen LogP contribution in [0.2, 0.25) is 0 Å². The van der Waals surface area contributed by atoms with Gasteiger partial charge < -0.3 is 0 Å². The van der Waals surface area contributed by atoms with Crippen LogP contribution in [0.1, 0.15) is 28.3 Å². The van der Waals surface area contributed by atoms with Crippen LogP contribution in [0, 0.1) is 19.7 Å². The van der Waals surface area contributed by atoms with Crippen molar-refractivity contribution in [2.75, 3.05) is 0 Å². The molecule has 2 nitrogen and oxygen atoms in total. The second-order valence-corrected chi connectivity index (χ2v) is 5.46. The second kappa shape index (κ2) is 5.82. The summed E-state index contributed by atoms with van der Waals surface area (Å²) in [5.74, 6) is 5.34. The van der Waals surface area contributed by atoms with Crippen molar-refractivity contribution in [3.8, 4) is 0 Å². The van der Waals surface area contributed by atoms with Crippen LogP contribution in [0.4, 0.5) is 4.39 Å². The number of nitrogens with two attached hydrogens (primary N) is 1. The van der Waals surface area contributed by atoms with E-state index in [9.17, 15) is 4.39 Å². The molecule has 0 radical (unpaired) electrons. The van der Waals surface area contributed by atoms with Crippen molar-refractivity contribution in [2.24, 2.45) is 5.84 Å². The third-order valence-corrected chi connectivity index (χ3v) is 3.81. The van der Waals surface area contributed by atoms with Crippen molar-refractivity contribution in [1.82, 2.24) is 5.43 Å². The summed E-state index contributed by atoms with van der Waals surface area (Å²) in [5.41, 5.74) is 6.47. The van der Waals surface area contributed by atoms with Crippen molar-refractivity contribution in [3.63, 3.8) is 0 Å². The molecule has 4 heteroatoms. The lowest BCUT2D eigenvalue weighted by atomic mass is 9.94. The van der Waals surface area contributed by atoms with Gasteiger partial charge in [-0.3, -0.25) is 5.84 Å². The lowest BCUT2D eigenvalue weighted by Gasteiger charge is -2.20. The molecule has 0 spiro atoms. The maximum absolute atomic E-state index is 14.2. The van der Waals surface area contributed by atoms with Gasteiger partial charge in [0.2, 0.25) is 0 Å². The van der Waals surface area contributed by atoms with Gasteiger partial charge in [0, 0.05) is 5.56 Å². The molecule has 0 aliphatic carbocycles. The van der Waals surface area contributed by atoms with E-state index in [-0.39, 0.29) is 11.9 Å². The molecule has 19 heavy (non-hydrogen) atoms. The first-order valence-corrected chi connectivity index (χ1v) is 6.81. The van der Waals surface area contributed by atoms with Crippen LogP contribution < -0.4 is 11.3 Å². The number of nitrogens with one attached hydrogen (secondary N) is 1. The zero-order chi connectivity index (χ0) is 14.0. The van der Waals surface area contributed by atoms with E-state index >= 15 is 0 Å². The SMILES string of the molecule is Cc1ccc(C(NN)c2cccc(Br)c2F)c(C)c1. The molecule has 0 bridgehead atoms. The Balaban J connectivity index is 2.53. The molecule has 0 fully saturated rings. The molecule has 100 valence electrons. The second-order valence-electron chi connectivity index (χ2n) is 4.60. The van der Waals surface area contributed by atoms with Crippen LogP contribution in [0.5, 0.6) is 0 Å². The summed E-state index contributed by atoms with van der Waals surface area (Å²) in [4.78, 5) is 0. The molecule has 0 aromatic heterocycles. The molecule has 2 rings (SSSR count). The van der Waals surface area contributed by atoms with Crippen molar-refractivity contribution in [3.05, 3.63) is 68.9 Å². The van der Waals surface area contributed by atoms with E-state index in [4.69, 9.17) is 5.84 Å². The fourth-order valence-corrected chi connectivity index (χ4v) is 2.62. The summed E-state index contributed by atoms with van der Waals surface area (Å²) in [6, 6.07) is 10.9. The summed E-state index contributed by atoms with van der Waals surface area (Å²) in [6.07, 6.45) is 0. The van der Waals surface area contributed by atoms with Gasteiger partial charge in [-0.15, -0.1) is 0 Å². The fourth-order valence-electron chi connectivity index (χ4n) is 2.24. The first kappa shape index (κ1) is 14.2. The lowest BCUT2D eigenvalue weighted by molar-refractivity contribution is 0.554. The van der Waals surface area contributed by atoms with E-state index in [1.54, 1.807) is 18.2 Å². The molecule has 2 aromatic carbocycles. The highest BCUT2D eigenvalue weighted by atomic mass is 79.9. The van der Waals surface area contributed by atoms with Gasteiger partial charge in [0.1, 0.15) is 5.82 Å². The molecule has 1 atom stereocenters. The number of aryl methyl sites for hydroxylation is 2. The van der Waals surface area contributed by atoms with E-state index in [2.05, 4.69) is 27.4 Å². The molecule has 0 aliphatic heterocycles. The van der Waals surface area contributed by atoms with Crippen LogP contribution in [-0.4, -0.2) is 0 Å². The van der Waals surface area contributed by atoms with Crippen molar-refractivity contribution in [2.45, 2.75) is 19.9 Å². The van der Waals surface area contributed by atoms with Crippen LogP contribution in [0.15, 0.2) is 40.9 Å². The highest BCUT2D eigenvalue weighted by Crippen LogP contribution is 2.29. The Morgan fingerprint density at radius 2 is 1.89 bits per heavy atom. The summed E-state index contributed by atoms with van der Waals surface area (Å²) in [7, 11) is 0. The van der Waals surface area contributed by atoms with Gasteiger partial charge in [0.25, 0.3) is 0 Å². The van der Waals surface area contributed by atoms with E-state index in [0.717, 1.165) is 11.1 Å². The Bertz CT molecular complexity index is 599. The smallest absolute Gasteiger partial charge is 0.142 e. The number of hydrazine groups is 1. The molecule has 3 N–H and O–H groups in total. The molecule has 0 heterocycles. The molecule has 0 aliphatic rings. The van der Waals surface area contributed by atoms with Gasteiger partial charge in [0.15, 0.2) is 0 Å². The van der Waals surface area contributed by atoms with E-state index in [1.165, 1.54) is 5.56 Å². The van der Waals surface area contributed by atoms with E-state index in [1.807, 2.05) is 26.0 Å². The van der Waals surface area contributed by atoms with Crippen molar-refractivity contribution in [1.29, 1.82) is 0 Å². The first-order chi connectivity index (χ1) is 9.04. The molecule has 2 aromatic rings. The topological polar surface area (TPSA) is 38.0 Å². The highest BCUT2D eigenvalue weighted by molar-refractivity contribution is 9.10. The summed E-state index contributed by atoms with van der Waals surface area (Å²) in [5, 5.41) is 0. The average molecular weight is 323 g/mol. The molecular weight excluding hydrogens is 307 g/mol. The Kier molecular flexibility index (Phi) is 4.34. The standard InChI is InChI=1S/C15H16BrFN2/c1-9-6-7-11(10(2)8-9)15(19-18)12-4-3-5-13(16)14(12)17/h3-8,15,19H,18H2,1-2H3. The summed E-state index contributed by atoms with van der Waals surface area (Å²) >= 11 is 3.20. The molecule has 1 unspecified atom stereocenters. The molecule has 0 saturated heterocycles. The van der Waals surface area contributed by atoms with Gasteiger partial charge >= 0.3 is 0 Å². The van der Waals surface area contributed by atoms with E-state index in [0.29, 0.717) is 10.0 Å². The van der Waals surface area contributed by atoms with Crippen molar-refractivity contribution < 1.29 is 4.39 Å². The normalized spacial score (nSPS) is 12.5. The molecule has 0 saturated carbocycles. The van der Waals surface area contributed by atoms with E-state index < -0.39 is 0 Å². The number of hydrogen-bond donors (Lipinski definition) is 2. The van der Waals surface area contributed by atoms with Crippen LogP contribution >= 0.6 is 15.9 Å². The minimum absolute atomic E-state index is 0.287. The Morgan fingerprint density at radius 1 is 1.16 bits per heavy atom. The third-order valence-electron chi connectivity index (χ3n) is 3.20. The van der Waals surface area contributed by atoms with Crippen LogP contribution in [0.3, 0.4) is 0 Å². The van der Waals surface area contributed by atoms with Crippen molar-refractivity contribution >= 4 is 15.9 Å². The largest absolute Gasteiger partial charge is 0.271 e. The minimum Gasteiger partial charge on any atom is -0.271 e. The maximum atomic E-state index is 14.2. The number of halogens is 2. The zero-order valence-corrected chi connectivity index (χ0v) is 12.5. The number of rotatable bonds is 3. The fraction of sp³-hybridized carbons (Fsp3) is 0.200. The number of benzene rings is 2. The monoisotopic (exact) mass is 322 g/mol. The first-order valence-electron chi connectivity index (χ1n) is 6.01. The molecular formula is C15H16BrFN2. The Labute approximate surface area is 120 Å². The lowest BCUT2D eigenvalue weighted by Crippen LogP contribution is -2.30. The van der Waals surface area contributed by atoms with Gasteiger partial charge in [-0.05, 0) is 47.0 Å². The van der Waals surface area contributed by atoms with Gasteiger partial charge in [0.05, 0.1) is 10.5 Å². The Morgan fingerprint density at radius 3 is 2.53 bits per heavy atom. The summed E-state index contributed by atoms with van der Waals surface area (Å²) < 4.78 is 14.6. The predicted molar refractivity (Wildman–Crippen MR) is 79.2 cm³/mol. The maximum Gasteiger partial charge on any atom is 0.142 e. The average Bonchev–Trinajstić information content (AvgIpc) is 2.37. The number of hydrogen-bond acceptors (Lipinski definition) is 2. The minimum atomic E-state index is -0.363. The quantitative estimate of drug-likeness (QED) is 0.667. The van der Waals surface area contributed by atoms with Gasteiger partial charge in [-0.25, -0.2) is 9.82 Å². The van der Waals surface area contributed by atoms with Crippen LogP contribution in [-0.2, 0) is 0 Å². The van der Waals surface area contributed by atoms with Gasteiger partial charge in [-0.1, -0.05) is 35.9 Å². The third kappa shape index (κ3) is 2.86. The molecule has 0 amide bonds. The highest BCUT2D eigenvalue weighted by Gasteiger charge is 2.19. The van der Waals surface area contributed by atoms with Gasteiger partial charge in [-0.2, -0.15) is 0 Å². The summed E-state index contributed by atoms with van der Waals surface area (Å²) in [6.45, 7) is 4.03. The zero-order valence-electron chi connectivity index (χ0n) is 10.9.